The number of hydrogen-bond acceptors (Lipinski definition) is 2. The van der Waals surface area contributed by atoms with Crippen LogP contribution in [-0.2, 0) is 9.47 Å². The summed E-state index contributed by atoms with van der Waals surface area (Å²) in [6.45, 7) is 3.38. The number of rotatable bonds is 6. The van der Waals surface area contributed by atoms with Crippen LogP contribution in [0.15, 0.2) is 24.5 Å². The molecule has 0 atom stereocenters. The molecule has 0 fully saturated rings. The van der Waals surface area contributed by atoms with Crippen molar-refractivity contribution in [2.45, 2.75) is 13.3 Å². The molecule has 64 valence electrons. The zero-order chi connectivity index (χ0) is 8.36. The van der Waals surface area contributed by atoms with Gasteiger partial charge in [-0.1, -0.05) is 12.2 Å². The highest BCUT2D eigenvalue weighted by molar-refractivity contribution is 4.89. The molecule has 0 spiro atoms. The first kappa shape index (κ1) is 10.2. The molecule has 0 amide bonds. The Hall–Kier alpha value is -0.760. The molecular formula is C9H16O2. The van der Waals surface area contributed by atoms with Crippen LogP contribution in [0.2, 0.25) is 0 Å². The van der Waals surface area contributed by atoms with Gasteiger partial charge in [-0.15, -0.1) is 0 Å². The van der Waals surface area contributed by atoms with Crippen LogP contribution in [0.4, 0.5) is 0 Å². The van der Waals surface area contributed by atoms with Crippen molar-refractivity contribution in [2.75, 3.05) is 20.3 Å². The van der Waals surface area contributed by atoms with E-state index in [0.29, 0.717) is 6.61 Å². The summed E-state index contributed by atoms with van der Waals surface area (Å²) in [7, 11) is 1.68. The Kier molecular flexibility index (Phi) is 8.60. The molecule has 0 aliphatic rings. The average Bonchev–Trinajstić information content (AvgIpc) is 2.03. The largest absolute Gasteiger partial charge is 0.502 e. The fourth-order valence-electron chi connectivity index (χ4n) is 0.559. The lowest BCUT2D eigenvalue weighted by atomic mass is 10.4. The van der Waals surface area contributed by atoms with Crippen molar-refractivity contribution in [3.05, 3.63) is 24.5 Å². The van der Waals surface area contributed by atoms with E-state index in [2.05, 4.69) is 0 Å². The van der Waals surface area contributed by atoms with Crippen LogP contribution in [0.5, 0.6) is 0 Å². The molecule has 0 heterocycles. The topological polar surface area (TPSA) is 18.5 Å². The summed E-state index contributed by atoms with van der Waals surface area (Å²) in [5.74, 6) is 0. The van der Waals surface area contributed by atoms with Gasteiger partial charge in [0.15, 0.2) is 0 Å². The normalized spacial score (nSPS) is 11.5. The van der Waals surface area contributed by atoms with Crippen LogP contribution < -0.4 is 0 Å². The standard InChI is InChI=1S/C9H16O2/c1-3-11-9-7-5-4-6-8-10-2/h4,6-7,9H,3,5,8H2,1-2H3. The van der Waals surface area contributed by atoms with Crippen LogP contribution in [0.3, 0.4) is 0 Å². The van der Waals surface area contributed by atoms with E-state index in [-0.39, 0.29) is 0 Å². The van der Waals surface area contributed by atoms with Gasteiger partial charge in [0.2, 0.25) is 0 Å². The quantitative estimate of drug-likeness (QED) is 0.433. The van der Waals surface area contributed by atoms with Crippen LogP contribution in [0.1, 0.15) is 13.3 Å². The van der Waals surface area contributed by atoms with Crippen molar-refractivity contribution in [3.8, 4) is 0 Å². The number of hydrogen-bond donors (Lipinski definition) is 0. The minimum absolute atomic E-state index is 0.683. The summed E-state index contributed by atoms with van der Waals surface area (Å²) < 4.78 is 9.82. The summed E-state index contributed by atoms with van der Waals surface area (Å²) in [6.07, 6.45) is 8.62. The summed E-state index contributed by atoms with van der Waals surface area (Å²) >= 11 is 0. The van der Waals surface area contributed by atoms with Crippen molar-refractivity contribution >= 4 is 0 Å². The van der Waals surface area contributed by atoms with Gasteiger partial charge in [-0.2, -0.15) is 0 Å². The first-order chi connectivity index (χ1) is 5.41. The lowest BCUT2D eigenvalue weighted by Gasteiger charge is -1.90. The first-order valence-electron chi connectivity index (χ1n) is 3.82. The smallest absolute Gasteiger partial charge is 0.0845 e. The third kappa shape index (κ3) is 9.24. The Morgan fingerprint density at radius 2 is 2.00 bits per heavy atom. The molecule has 11 heavy (non-hydrogen) atoms. The van der Waals surface area contributed by atoms with Gasteiger partial charge in [-0.3, -0.25) is 0 Å². The zero-order valence-corrected chi connectivity index (χ0v) is 7.25. The molecule has 0 rings (SSSR count). The lowest BCUT2D eigenvalue weighted by Crippen LogP contribution is -1.79. The predicted octanol–water partition coefficient (Wildman–Crippen LogP) is 2.13. The molecule has 0 aromatic rings. The van der Waals surface area contributed by atoms with E-state index < -0.39 is 0 Å². The van der Waals surface area contributed by atoms with Crippen LogP contribution in [0.25, 0.3) is 0 Å². The van der Waals surface area contributed by atoms with Gasteiger partial charge < -0.3 is 9.47 Å². The third-order valence-corrected chi connectivity index (χ3v) is 1.06. The van der Waals surface area contributed by atoms with Gasteiger partial charge in [0, 0.05) is 7.11 Å². The molecule has 0 aromatic heterocycles. The van der Waals surface area contributed by atoms with E-state index in [4.69, 9.17) is 9.47 Å². The number of allylic oxidation sites excluding steroid dienone is 2. The summed E-state index contributed by atoms with van der Waals surface area (Å²) in [6, 6.07) is 0. The molecular weight excluding hydrogens is 140 g/mol. The van der Waals surface area contributed by atoms with Crippen LogP contribution in [0, 0.1) is 0 Å². The maximum Gasteiger partial charge on any atom is 0.0845 e. The molecule has 0 bridgehead atoms. The van der Waals surface area contributed by atoms with E-state index in [9.17, 15) is 0 Å². The predicted molar refractivity (Wildman–Crippen MR) is 46.4 cm³/mol. The lowest BCUT2D eigenvalue weighted by molar-refractivity contribution is 0.233. The highest BCUT2D eigenvalue weighted by Gasteiger charge is 1.72. The average molecular weight is 156 g/mol. The molecule has 0 aliphatic carbocycles. The monoisotopic (exact) mass is 156 g/mol. The fourth-order valence-corrected chi connectivity index (χ4v) is 0.559. The van der Waals surface area contributed by atoms with E-state index in [0.717, 1.165) is 13.0 Å². The second kappa shape index (κ2) is 9.24. The van der Waals surface area contributed by atoms with Crippen molar-refractivity contribution in [1.29, 1.82) is 0 Å². The van der Waals surface area contributed by atoms with Crippen molar-refractivity contribution in [2.24, 2.45) is 0 Å². The fraction of sp³-hybridized carbons (Fsp3) is 0.556. The third-order valence-electron chi connectivity index (χ3n) is 1.06. The summed E-state index contributed by atoms with van der Waals surface area (Å²) in [5.41, 5.74) is 0. The summed E-state index contributed by atoms with van der Waals surface area (Å²) in [4.78, 5) is 0. The first-order valence-corrected chi connectivity index (χ1v) is 3.82. The van der Waals surface area contributed by atoms with Crippen LogP contribution in [-0.4, -0.2) is 20.3 Å². The molecule has 0 saturated carbocycles. The van der Waals surface area contributed by atoms with E-state index in [1.54, 1.807) is 13.4 Å². The second-order valence-corrected chi connectivity index (χ2v) is 1.99. The molecule has 0 saturated heterocycles. The highest BCUT2D eigenvalue weighted by Crippen LogP contribution is 1.86. The van der Waals surface area contributed by atoms with E-state index in [1.807, 2.05) is 25.2 Å². The van der Waals surface area contributed by atoms with Crippen molar-refractivity contribution < 1.29 is 9.47 Å². The molecule has 0 aliphatic heterocycles. The Morgan fingerprint density at radius 1 is 1.18 bits per heavy atom. The van der Waals surface area contributed by atoms with Gasteiger partial charge in [-0.05, 0) is 19.4 Å². The molecule has 0 unspecified atom stereocenters. The maximum atomic E-state index is 4.99. The van der Waals surface area contributed by atoms with Gasteiger partial charge in [0.1, 0.15) is 0 Å². The Labute approximate surface area is 68.5 Å². The van der Waals surface area contributed by atoms with Crippen molar-refractivity contribution in [3.63, 3.8) is 0 Å². The van der Waals surface area contributed by atoms with Gasteiger partial charge in [0.25, 0.3) is 0 Å². The Bertz CT molecular complexity index is 103. The van der Waals surface area contributed by atoms with Gasteiger partial charge >= 0.3 is 0 Å². The minimum Gasteiger partial charge on any atom is -0.502 e. The van der Waals surface area contributed by atoms with E-state index >= 15 is 0 Å². The molecule has 2 heteroatoms. The number of methoxy groups -OCH3 is 1. The maximum absolute atomic E-state index is 4.99. The van der Waals surface area contributed by atoms with E-state index in [1.165, 1.54) is 0 Å². The molecule has 2 nitrogen and oxygen atoms in total. The van der Waals surface area contributed by atoms with Crippen LogP contribution >= 0.6 is 0 Å². The Balaban J connectivity index is 3.11. The van der Waals surface area contributed by atoms with Crippen molar-refractivity contribution in [1.82, 2.24) is 0 Å². The van der Waals surface area contributed by atoms with Gasteiger partial charge in [-0.25, -0.2) is 0 Å². The Morgan fingerprint density at radius 3 is 2.64 bits per heavy atom. The van der Waals surface area contributed by atoms with Gasteiger partial charge in [0.05, 0.1) is 19.5 Å². The minimum atomic E-state index is 0.683. The SMILES string of the molecule is CCOC=CCC=CCOC. The molecule has 0 N–H and O–H groups in total. The zero-order valence-electron chi connectivity index (χ0n) is 7.25. The highest BCUT2D eigenvalue weighted by atomic mass is 16.5. The molecule has 0 radical (unpaired) electrons. The molecule has 0 aromatic carbocycles. The second-order valence-electron chi connectivity index (χ2n) is 1.99. The summed E-state index contributed by atoms with van der Waals surface area (Å²) in [5, 5.41) is 0. The number of ether oxygens (including phenoxy) is 2.